The van der Waals surface area contributed by atoms with Crippen molar-refractivity contribution in [1.82, 2.24) is 0 Å². The Kier molecular flexibility index (Phi) is 7.40. The largest absolute Gasteiger partial charge is 0.505 e. The number of thioether (sulfide) groups is 1. The summed E-state index contributed by atoms with van der Waals surface area (Å²) in [6, 6.07) is 13.7. The van der Waals surface area contributed by atoms with E-state index in [1.54, 1.807) is 17.8 Å². The van der Waals surface area contributed by atoms with Crippen molar-refractivity contribution in [2.24, 2.45) is 4.99 Å². The van der Waals surface area contributed by atoms with Gasteiger partial charge >= 0.3 is 0 Å². The molecular formula is C25H29NO3S. The molecule has 0 radical (unpaired) electrons. The van der Waals surface area contributed by atoms with Crippen LogP contribution in [0.3, 0.4) is 0 Å². The summed E-state index contributed by atoms with van der Waals surface area (Å²) >= 11 is 1.59. The number of phenolic OH excluding ortho intramolecular Hbond substituents is 1. The second kappa shape index (κ2) is 10.0. The van der Waals surface area contributed by atoms with Crippen LogP contribution in [0, 0.1) is 0 Å². The van der Waals surface area contributed by atoms with E-state index in [-0.39, 0.29) is 17.8 Å². The Bertz CT molecular complexity index is 956. The summed E-state index contributed by atoms with van der Waals surface area (Å²) < 4.78 is 6.05. The van der Waals surface area contributed by atoms with Gasteiger partial charge in [-0.05, 0) is 23.1 Å². The lowest BCUT2D eigenvalue weighted by atomic mass is 9.85. The molecule has 4 nitrogen and oxygen atoms in total. The first-order chi connectivity index (χ1) is 14.4. The van der Waals surface area contributed by atoms with Crippen LogP contribution in [0.15, 0.2) is 70.6 Å². The van der Waals surface area contributed by atoms with Gasteiger partial charge in [-0.15, -0.1) is 11.8 Å². The second-order valence-electron chi connectivity index (χ2n) is 8.19. The van der Waals surface area contributed by atoms with Crippen LogP contribution in [-0.4, -0.2) is 28.3 Å². The van der Waals surface area contributed by atoms with Gasteiger partial charge in [0, 0.05) is 34.4 Å². The van der Waals surface area contributed by atoms with Crippen molar-refractivity contribution in [2.75, 3.05) is 12.4 Å². The maximum absolute atomic E-state index is 10.9. The number of phenols is 1. The number of aliphatic hydroxyl groups is 1. The molecule has 3 rings (SSSR count). The van der Waals surface area contributed by atoms with Crippen LogP contribution in [0.5, 0.6) is 11.5 Å². The molecule has 5 heteroatoms. The van der Waals surface area contributed by atoms with E-state index in [0.29, 0.717) is 30.2 Å². The van der Waals surface area contributed by atoms with Crippen LogP contribution in [0.2, 0.25) is 0 Å². The van der Waals surface area contributed by atoms with Crippen molar-refractivity contribution in [1.29, 1.82) is 0 Å². The van der Waals surface area contributed by atoms with E-state index in [9.17, 15) is 5.11 Å². The fourth-order valence-corrected chi connectivity index (χ4v) is 3.87. The molecule has 2 N–H and O–H groups in total. The lowest BCUT2D eigenvalue weighted by Crippen LogP contribution is -2.12. The number of aliphatic hydroxyl groups excluding tert-OH is 1. The standard InChI is InChI=1S/C25H29NO3S/c1-25(2,3)22-15-20(29-17-18-8-5-4-6-9-18)16-23(24(22)28)26-19-10-7-11-21(14-19)30-13-12-27/h4-9,11,14-16,27-28H,10,12-13,17H2,1-3H3/b26-19-. The van der Waals surface area contributed by atoms with Crippen LogP contribution < -0.4 is 4.74 Å². The fourth-order valence-electron chi connectivity index (χ4n) is 3.13. The van der Waals surface area contributed by atoms with Crippen LogP contribution in [0.25, 0.3) is 0 Å². The number of ether oxygens (including phenoxy) is 1. The number of rotatable bonds is 7. The summed E-state index contributed by atoms with van der Waals surface area (Å²) in [4.78, 5) is 5.81. The van der Waals surface area contributed by atoms with Crippen LogP contribution >= 0.6 is 11.8 Å². The third-order valence-electron chi connectivity index (χ3n) is 4.66. The van der Waals surface area contributed by atoms with E-state index in [1.807, 2.05) is 48.6 Å². The van der Waals surface area contributed by atoms with Gasteiger partial charge < -0.3 is 14.9 Å². The lowest BCUT2D eigenvalue weighted by molar-refractivity contribution is 0.304. The molecule has 0 aliphatic heterocycles. The Morgan fingerprint density at radius 2 is 1.90 bits per heavy atom. The monoisotopic (exact) mass is 423 g/mol. The van der Waals surface area contributed by atoms with Crippen molar-refractivity contribution >= 4 is 23.2 Å². The molecule has 158 valence electrons. The molecule has 0 saturated carbocycles. The maximum Gasteiger partial charge on any atom is 0.145 e. The van der Waals surface area contributed by atoms with E-state index >= 15 is 0 Å². The molecule has 0 bridgehead atoms. The quantitative estimate of drug-likeness (QED) is 0.581. The van der Waals surface area contributed by atoms with E-state index in [2.05, 4.69) is 26.8 Å². The van der Waals surface area contributed by atoms with Crippen molar-refractivity contribution in [3.8, 4) is 11.5 Å². The average Bonchev–Trinajstić information content (AvgIpc) is 2.73. The minimum atomic E-state index is -0.254. The molecule has 0 fully saturated rings. The molecule has 0 amide bonds. The zero-order valence-corrected chi connectivity index (χ0v) is 18.6. The highest BCUT2D eigenvalue weighted by Gasteiger charge is 2.22. The van der Waals surface area contributed by atoms with Gasteiger partial charge in [0.2, 0.25) is 0 Å². The number of allylic oxidation sites excluding steroid dienone is 3. The highest BCUT2D eigenvalue weighted by molar-refractivity contribution is 8.03. The highest BCUT2D eigenvalue weighted by atomic mass is 32.2. The first-order valence-corrected chi connectivity index (χ1v) is 11.1. The zero-order chi connectivity index (χ0) is 21.6. The molecule has 0 spiro atoms. The van der Waals surface area contributed by atoms with Crippen molar-refractivity contribution in [2.45, 2.75) is 39.2 Å². The molecule has 30 heavy (non-hydrogen) atoms. The number of benzene rings is 2. The first-order valence-electron chi connectivity index (χ1n) is 10.1. The Morgan fingerprint density at radius 3 is 2.60 bits per heavy atom. The molecule has 0 unspecified atom stereocenters. The van der Waals surface area contributed by atoms with E-state index in [4.69, 9.17) is 14.8 Å². The maximum atomic E-state index is 10.9. The minimum absolute atomic E-state index is 0.138. The zero-order valence-electron chi connectivity index (χ0n) is 17.8. The number of aromatic hydroxyl groups is 1. The summed E-state index contributed by atoms with van der Waals surface area (Å²) in [5.74, 6) is 1.52. The van der Waals surface area contributed by atoms with Crippen LogP contribution in [-0.2, 0) is 12.0 Å². The Morgan fingerprint density at radius 1 is 1.13 bits per heavy atom. The van der Waals surface area contributed by atoms with Crippen LogP contribution in [0.1, 0.15) is 38.3 Å². The van der Waals surface area contributed by atoms with Gasteiger partial charge in [-0.2, -0.15) is 0 Å². The molecule has 2 aromatic rings. The third-order valence-corrected chi connectivity index (χ3v) is 5.64. The summed E-state index contributed by atoms with van der Waals surface area (Å²) in [7, 11) is 0. The van der Waals surface area contributed by atoms with Gasteiger partial charge in [-0.3, -0.25) is 0 Å². The summed E-state index contributed by atoms with van der Waals surface area (Å²) in [6.07, 6.45) is 6.80. The van der Waals surface area contributed by atoms with Crippen molar-refractivity contribution in [3.05, 3.63) is 76.7 Å². The molecule has 0 aromatic heterocycles. The third kappa shape index (κ3) is 6.00. The molecular weight excluding hydrogens is 394 g/mol. The summed E-state index contributed by atoms with van der Waals surface area (Å²) in [5, 5.41) is 20.0. The SMILES string of the molecule is CC(C)(C)c1cc(OCc2ccccc2)cc(/N=C2\C=C(SCCO)C=CC2)c1O. The number of hydrogen-bond donors (Lipinski definition) is 2. The van der Waals surface area contributed by atoms with E-state index < -0.39 is 0 Å². The predicted molar refractivity (Wildman–Crippen MR) is 126 cm³/mol. The Hall–Kier alpha value is -2.50. The van der Waals surface area contributed by atoms with Crippen molar-refractivity contribution in [3.63, 3.8) is 0 Å². The van der Waals surface area contributed by atoms with Gasteiger partial charge in [0.25, 0.3) is 0 Å². The van der Waals surface area contributed by atoms with Gasteiger partial charge in [-0.25, -0.2) is 4.99 Å². The lowest BCUT2D eigenvalue weighted by Gasteiger charge is -2.22. The number of nitrogens with zero attached hydrogens (tertiary/aromatic N) is 1. The van der Waals surface area contributed by atoms with Gasteiger partial charge in [-0.1, -0.05) is 63.3 Å². The fraction of sp³-hybridized carbons (Fsp3) is 0.320. The predicted octanol–water partition coefficient (Wildman–Crippen LogP) is 5.91. The second-order valence-corrected chi connectivity index (χ2v) is 9.36. The average molecular weight is 424 g/mol. The topological polar surface area (TPSA) is 62.0 Å². The molecule has 0 saturated heterocycles. The number of aliphatic imine (C=N–C) groups is 1. The highest BCUT2D eigenvalue weighted by Crippen LogP contribution is 2.41. The van der Waals surface area contributed by atoms with Gasteiger partial charge in [0.15, 0.2) is 0 Å². The first kappa shape index (κ1) is 22.2. The smallest absolute Gasteiger partial charge is 0.145 e. The van der Waals surface area contributed by atoms with Crippen LogP contribution in [0.4, 0.5) is 5.69 Å². The van der Waals surface area contributed by atoms with Gasteiger partial charge in [0.1, 0.15) is 23.8 Å². The Balaban J connectivity index is 1.92. The van der Waals surface area contributed by atoms with E-state index in [1.165, 1.54) is 0 Å². The minimum Gasteiger partial charge on any atom is -0.505 e. The Labute approximate surface area is 183 Å². The molecule has 0 heterocycles. The summed E-state index contributed by atoms with van der Waals surface area (Å²) in [6.45, 7) is 6.78. The normalized spacial score (nSPS) is 15.3. The summed E-state index contributed by atoms with van der Waals surface area (Å²) in [5.41, 5.74) is 3.02. The molecule has 1 aliphatic carbocycles. The van der Waals surface area contributed by atoms with E-state index in [0.717, 1.165) is 21.7 Å². The number of hydrogen-bond acceptors (Lipinski definition) is 5. The molecule has 2 aromatic carbocycles. The van der Waals surface area contributed by atoms with Gasteiger partial charge in [0.05, 0.1) is 6.61 Å². The van der Waals surface area contributed by atoms with Crippen molar-refractivity contribution < 1.29 is 14.9 Å². The molecule has 1 aliphatic rings. The molecule has 0 atom stereocenters.